The number of carbonyl (C=O) groups is 2. The predicted octanol–water partition coefficient (Wildman–Crippen LogP) is 6.12. The van der Waals surface area contributed by atoms with E-state index in [1.807, 2.05) is 41.6 Å². The summed E-state index contributed by atoms with van der Waals surface area (Å²) in [5.74, 6) is -0.500. The maximum atomic E-state index is 13.9. The van der Waals surface area contributed by atoms with E-state index in [4.69, 9.17) is 4.74 Å². The summed E-state index contributed by atoms with van der Waals surface area (Å²) in [5.41, 5.74) is 4.79. The van der Waals surface area contributed by atoms with Crippen LogP contribution in [0, 0.1) is 0 Å². The summed E-state index contributed by atoms with van der Waals surface area (Å²) in [6, 6.07) is 26.7. The molecule has 0 aliphatic carbocycles. The van der Waals surface area contributed by atoms with E-state index >= 15 is 0 Å². The van der Waals surface area contributed by atoms with Gasteiger partial charge in [-0.05, 0) is 59.8 Å². The average Bonchev–Trinajstić information content (AvgIpc) is 3.33. The Morgan fingerprint density at radius 2 is 1.69 bits per heavy atom. The Balaban J connectivity index is 1.61. The first-order valence-corrected chi connectivity index (χ1v) is 12.5. The van der Waals surface area contributed by atoms with Gasteiger partial charge < -0.3 is 19.5 Å². The number of para-hydroxylation sites is 2. The first-order valence-electron chi connectivity index (χ1n) is 11.2. The molecule has 35 heavy (non-hydrogen) atoms. The molecular formula is C28H25N3O3S. The third-order valence-corrected chi connectivity index (χ3v) is 6.97. The van der Waals surface area contributed by atoms with Crippen molar-refractivity contribution < 1.29 is 14.3 Å². The van der Waals surface area contributed by atoms with Gasteiger partial charge in [0.2, 0.25) is 0 Å². The maximum absolute atomic E-state index is 13.9. The van der Waals surface area contributed by atoms with Crippen LogP contribution in [-0.2, 0) is 11.3 Å². The SMILES string of the molecule is COC(=O)c1ccccc1NC(=O)N1Cc2ccccc2-n2cccc2[C@H]1c1ccc(SC)cc1. The molecule has 4 aromatic rings. The molecule has 0 radical (unpaired) electrons. The molecular weight excluding hydrogens is 458 g/mol. The number of aromatic nitrogens is 1. The second kappa shape index (κ2) is 9.72. The number of rotatable bonds is 4. The fraction of sp³-hybridized carbons (Fsp3) is 0.143. The summed E-state index contributed by atoms with van der Waals surface area (Å²) in [6.07, 6.45) is 4.08. The van der Waals surface area contributed by atoms with Gasteiger partial charge in [0.15, 0.2) is 0 Å². The van der Waals surface area contributed by atoms with Gasteiger partial charge in [-0.25, -0.2) is 9.59 Å². The van der Waals surface area contributed by atoms with Crippen molar-refractivity contribution >= 4 is 29.4 Å². The van der Waals surface area contributed by atoms with Crippen LogP contribution in [0.25, 0.3) is 5.69 Å². The lowest BCUT2D eigenvalue weighted by Crippen LogP contribution is -2.38. The zero-order valence-electron chi connectivity index (χ0n) is 19.5. The maximum Gasteiger partial charge on any atom is 0.339 e. The number of ether oxygens (including phenoxy) is 1. The van der Waals surface area contributed by atoms with E-state index in [-0.39, 0.29) is 12.1 Å². The number of nitrogens with zero attached hydrogens (tertiary/aromatic N) is 2. The Bertz CT molecular complexity index is 1380. The van der Waals surface area contributed by atoms with E-state index in [2.05, 4.69) is 46.3 Å². The molecule has 1 N–H and O–H groups in total. The van der Waals surface area contributed by atoms with Crippen LogP contribution in [0.2, 0.25) is 0 Å². The predicted molar refractivity (Wildman–Crippen MR) is 138 cm³/mol. The first-order chi connectivity index (χ1) is 17.1. The van der Waals surface area contributed by atoms with Crippen LogP contribution in [0.15, 0.2) is 96.0 Å². The number of hydrogen-bond acceptors (Lipinski definition) is 4. The highest BCUT2D eigenvalue weighted by molar-refractivity contribution is 7.98. The van der Waals surface area contributed by atoms with Gasteiger partial charge in [-0.15, -0.1) is 11.8 Å². The van der Waals surface area contributed by atoms with Gasteiger partial charge in [-0.1, -0.05) is 42.5 Å². The average molecular weight is 484 g/mol. The molecule has 5 rings (SSSR count). The van der Waals surface area contributed by atoms with E-state index < -0.39 is 5.97 Å². The summed E-state index contributed by atoms with van der Waals surface area (Å²) in [6.45, 7) is 0.402. The zero-order chi connectivity index (χ0) is 24.4. The molecule has 0 bridgehead atoms. The van der Waals surface area contributed by atoms with Crippen LogP contribution >= 0.6 is 11.8 Å². The quantitative estimate of drug-likeness (QED) is 0.280. The van der Waals surface area contributed by atoms with E-state index in [1.165, 1.54) is 7.11 Å². The lowest BCUT2D eigenvalue weighted by atomic mass is 10.0. The summed E-state index contributed by atoms with van der Waals surface area (Å²) in [5, 5.41) is 2.97. The Morgan fingerprint density at radius 3 is 2.46 bits per heavy atom. The Kier molecular flexibility index (Phi) is 6.33. The van der Waals surface area contributed by atoms with Crippen LogP contribution in [0.5, 0.6) is 0 Å². The van der Waals surface area contributed by atoms with Crippen molar-refractivity contribution in [1.29, 1.82) is 0 Å². The number of thioether (sulfide) groups is 1. The lowest BCUT2D eigenvalue weighted by molar-refractivity contribution is 0.0602. The number of amides is 2. The second-order valence-corrected chi connectivity index (χ2v) is 9.08. The van der Waals surface area contributed by atoms with Crippen LogP contribution in [0.3, 0.4) is 0 Å². The molecule has 176 valence electrons. The number of carbonyl (C=O) groups excluding carboxylic acids is 2. The third kappa shape index (κ3) is 4.31. The van der Waals surface area contributed by atoms with Gasteiger partial charge in [-0.3, -0.25) is 0 Å². The largest absolute Gasteiger partial charge is 0.465 e. The number of hydrogen-bond donors (Lipinski definition) is 1. The Morgan fingerprint density at radius 1 is 0.943 bits per heavy atom. The number of esters is 1. The third-order valence-electron chi connectivity index (χ3n) is 6.23. The van der Waals surface area contributed by atoms with Crippen molar-refractivity contribution in [2.24, 2.45) is 0 Å². The van der Waals surface area contributed by atoms with E-state index in [1.54, 1.807) is 36.0 Å². The molecule has 2 heterocycles. The molecule has 1 aliphatic heterocycles. The molecule has 2 amide bonds. The molecule has 1 aliphatic rings. The number of urea groups is 1. The van der Waals surface area contributed by atoms with Crippen molar-refractivity contribution in [3.8, 4) is 5.69 Å². The van der Waals surface area contributed by atoms with Crippen molar-refractivity contribution in [3.63, 3.8) is 0 Å². The minimum absolute atomic E-state index is 0.301. The zero-order valence-corrected chi connectivity index (χ0v) is 20.3. The topological polar surface area (TPSA) is 63.6 Å². The van der Waals surface area contributed by atoms with Crippen LogP contribution in [-0.4, -0.2) is 34.8 Å². The van der Waals surface area contributed by atoms with Gasteiger partial charge in [0.05, 0.1) is 36.6 Å². The highest BCUT2D eigenvalue weighted by Gasteiger charge is 2.33. The van der Waals surface area contributed by atoms with Gasteiger partial charge in [0.25, 0.3) is 0 Å². The standard InChI is InChI=1S/C28H25N3O3S/c1-34-27(32)22-9-4-5-10-23(22)29-28(33)31-18-20-8-3-6-11-24(20)30-17-7-12-25(30)26(31)19-13-15-21(35-2)16-14-19/h3-17,26H,18H2,1-2H3,(H,29,33)/t26-/m1/s1. The summed E-state index contributed by atoms with van der Waals surface area (Å²) < 4.78 is 7.06. The molecule has 0 spiro atoms. The monoisotopic (exact) mass is 483 g/mol. The molecule has 7 heteroatoms. The van der Waals surface area contributed by atoms with Gasteiger partial charge >= 0.3 is 12.0 Å². The molecule has 3 aromatic carbocycles. The van der Waals surface area contributed by atoms with E-state index in [0.29, 0.717) is 17.8 Å². The number of methoxy groups -OCH3 is 1. The lowest BCUT2D eigenvalue weighted by Gasteiger charge is -2.31. The Hall–Kier alpha value is -3.97. The normalized spacial score (nSPS) is 14.5. The number of fused-ring (bicyclic) bond motifs is 3. The smallest absolute Gasteiger partial charge is 0.339 e. The summed E-state index contributed by atoms with van der Waals surface area (Å²) >= 11 is 1.68. The minimum atomic E-state index is -0.500. The fourth-order valence-corrected chi connectivity index (χ4v) is 4.95. The molecule has 6 nitrogen and oxygen atoms in total. The van der Waals surface area contributed by atoms with Crippen molar-refractivity contribution in [2.45, 2.75) is 17.5 Å². The second-order valence-electron chi connectivity index (χ2n) is 8.20. The van der Waals surface area contributed by atoms with Crippen LogP contribution < -0.4 is 5.32 Å². The number of anilines is 1. The first kappa shape index (κ1) is 22.8. The molecule has 1 aromatic heterocycles. The fourth-order valence-electron chi connectivity index (χ4n) is 4.54. The van der Waals surface area contributed by atoms with Crippen molar-refractivity contribution in [2.75, 3.05) is 18.7 Å². The highest BCUT2D eigenvalue weighted by atomic mass is 32.2. The molecule has 1 atom stereocenters. The molecule has 0 unspecified atom stereocenters. The van der Waals surface area contributed by atoms with Gasteiger partial charge in [0.1, 0.15) is 0 Å². The van der Waals surface area contributed by atoms with E-state index in [0.717, 1.165) is 27.4 Å². The van der Waals surface area contributed by atoms with Gasteiger partial charge in [-0.2, -0.15) is 0 Å². The highest BCUT2D eigenvalue weighted by Crippen LogP contribution is 2.37. The number of nitrogens with one attached hydrogen (secondary N) is 1. The summed E-state index contributed by atoms with van der Waals surface area (Å²) in [4.78, 5) is 29.2. The van der Waals surface area contributed by atoms with Gasteiger partial charge in [0, 0.05) is 16.8 Å². The van der Waals surface area contributed by atoms with Crippen LogP contribution in [0.4, 0.5) is 10.5 Å². The van der Waals surface area contributed by atoms with Crippen molar-refractivity contribution in [1.82, 2.24) is 9.47 Å². The molecule has 0 saturated carbocycles. The van der Waals surface area contributed by atoms with Crippen LogP contribution in [0.1, 0.15) is 33.2 Å². The molecule has 0 saturated heterocycles. The minimum Gasteiger partial charge on any atom is -0.465 e. The molecule has 0 fully saturated rings. The summed E-state index contributed by atoms with van der Waals surface area (Å²) in [7, 11) is 1.33. The number of benzene rings is 3. The van der Waals surface area contributed by atoms with E-state index in [9.17, 15) is 9.59 Å². The van der Waals surface area contributed by atoms with Crippen molar-refractivity contribution in [3.05, 3.63) is 114 Å². The Labute approximate surface area is 208 Å².